The molecule has 27 heavy (non-hydrogen) atoms. The lowest BCUT2D eigenvalue weighted by Crippen LogP contribution is -2.50. The number of ether oxygens (including phenoxy) is 1. The molecule has 0 aliphatic carbocycles. The molecule has 4 nitrogen and oxygen atoms in total. The molecule has 0 aromatic heterocycles. The Morgan fingerprint density at radius 1 is 1.11 bits per heavy atom. The van der Waals surface area contributed by atoms with E-state index in [1.165, 1.54) is 0 Å². The summed E-state index contributed by atoms with van der Waals surface area (Å²) in [5.74, 6) is 0.803. The number of halogens is 2. The highest BCUT2D eigenvalue weighted by Crippen LogP contribution is 2.31. The summed E-state index contributed by atoms with van der Waals surface area (Å²) in [5.41, 5.74) is 4.41. The number of aryl methyl sites for hydroxylation is 1. The van der Waals surface area contributed by atoms with Gasteiger partial charge in [0, 0.05) is 41.4 Å². The maximum absolute atomic E-state index is 12.6. The molecule has 0 bridgehead atoms. The van der Waals surface area contributed by atoms with Crippen molar-refractivity contribution in [2.75, 3.05) is 37.7 Å². The minimum atomic E-state index is 0.0263. The van der Waals surface area contributed by atoms with E-state index in [2.05, 4.69) is 27.8 Å². The number of rotatable bonds is 4. The van der Waals surface area contributed by atoms with Gasteiger partial charge in [0.25, 0.3) is 5.91 Å². The molecule has 1 aliphatic heterocycles. The number of benzene rings is 2. The van der Waals surface area contributed by atoms with Crippen molar-refractivity contribution in [3.8, 4) is 5.75 Å². The zero-order valence-corrected chi connectivity index (χ0v) is 18.2. The Bertz CT molecular complexity index is 848. The maximum atomic E-state index is 12.6. The minimum absolute atomic E-state index is 0.0263. The molecule has 2 aromatic carbocycles. The molecule has 144 valence electrons. The van der Waals surface area contributed by atoms with E-state index in [1.807, 2.05) is 49.1 Å². The van der Waals surface area contributed by atoms with Gasteiger partial charge in [-0.3, -0.25) is 4.79 Å². The van der Waals surface area contributed by atoms with E-state index in [1.54, 1.807) is 0 Å². The smallest absolute Gasteiger partial charge is 0.260 e. The SMILES string of the molecule is Cc1cc(OCC(=O)N2CCN(c3cccc(Cl)c3)CC2)c(C)c(C)c1Br. The molecule has 0 radical (unpaired) electrons. The average molecular weight is 452 g/mol. The van der Waals surface area contributed by atoms with Crippen LogP contribution < -0.4 is 9.64 Å². The van der Waals surface area contributed by atoms with Crippen molar-refractivity contribution >= 4 is 39.1 Å². The van der Waals surface area contributed by atoms with E-state index in [0.717, 1.165) is 50.7 Å². The molecule has 1 saturated heterocycles. The molecular weight excluding hydrogens is 428 g/mol. The fourth-order valence-electron chi connectivity index (χ4n) is 3.28. The van der Waals surface area contributed by atoms with E-state index in [0.29, 0.717) is 13.1 Å². The van der Waals surface area contributed by atoms with Crippen LogP contribution in [0.5, 0.6) is 5.75 Å². The van der Waals surface area contributed by atoms with Crippen molar-refractivity contribution in [3.05, 3.63) is 56.5 Å². The highest BCUT2D eigenvalue weighted by Gasteiger charge is 2.22. The highest BCUT2D eigenvalue weighted by atomic mass is 79.9. The van der Waals surface area contributed by atoms with Crippen molar-refractivity contribution in [3.63, 3.8) is 0 Å². The Labute approximate surface area is 174 Å². The molecular formula is C21H24BrClN2O2. The zero-order chi connectivity index (χ0) is 19.6. The normalized spacial score (nSPS) is 14.4. The van der Waals surface area contributed by atoms with Crippen molar-refractivity contribution in [1.82, 2.24) is 4.90 Å². The lowest BCUT2D eigenvalue weighted by Gasteiger charge is -2.36. The first-order valence-corrected chi connectivity index (χ1v) is 10.2. The Hall–Kier alpha value is -1.72. The monoisotopic (exact) mass is 450 g/mol. The summed E-state index contributed by atoms with van der Waals surface area (Å²) in [6, 6.07) is 9.82. The predicted octanol–water partition coefficient (Wildman–Crippen LogP) is 4.76. The van der Waals surface area contributed by atoms with Crippen molar-refractivity contribution in [2.24, 2.45) is 0 Å². The van der Waals surface area contributed by atoms with Crippen LogP contribution in [0, 0.1) is 20.8 Å². The molecule has 1 heterocycles. The summed E-state index contributed by atoms with van der Waals surface area (Å²) < 4.78 is 6.95. The lowest BCUT2D eigenvalue weighted by molar-refractivity contribution is -0.133. The second-order valence-corrected chi connectivity index (χ2v) is 8.12. The summed E-state index contributed by atoms with van der Waals surface area (Å²) in [7, 11) is 0. The van der Waals surface area contributed by atoms with Crippen LogP contribution in [0.4, 0.5) is 5.69 Å². The van der Waals surface area contributed by atoms with E-state index < -0.39 is 0 Å². The molecule has 0 N–H and O–H groups in total. The van der Waals surface area contributed by atoms with Gasteiger partial charge in [-0.05, 0) is 61.7 Å². The summed E-state index contributed by atoms with van der Waals surface area (Å²) in [5, 5.41) is 0.731. The lowest BCUT2D eigenvalue weighted by atomic mass is 10.1. The summed E-state index contributed by atoms with van der Waals surface area (Å²) in [6.07, 6.45) is 0. The number of hydrogen-bond acceptors (Lipinski definition) is 3. The highest BCUT2D eigenvalue weighted by molar-refractivity contribution is 9.10. The van der Waals surface area contributed by atoms with Crippen LogP contribution in [0.2, 0.25) is 5.02 Å². The Kier molecular flexibility index (Phi) is 6.33. The van der Waals surface area contributed by atoms with Gasteiger partial charge in [0.05, 0.1) is 0 Å². The van der Waals surface area contributed by atoms with Crippen molar-refractivity contribution in [1.29, 1.82) is 0 Å². The molecule has 0 unspecified atom stereocenters. The summed E-state index contributed by atoms with van der Waals surface area (Å²) in [4.78, 5) is 16.7. The molecule has 1 fully saturated rings. The summed E-state index contributed by atoms with van der Waals surface area (Å²) in [6.45, 7) is 9.12. The first-order chi connectivity index (χ1) is 12.9. The van der Waals surface area contributed by atoms with Gasteiger partial charge in [-0.1, -0.05) is 33.6 Å². The number of nitrogens with zero attached hydrogens (tertiary/aromatic N) is 2. The molecule has 2 aromatic rings. The fraction of sp³-hybridized carbons (Fsp3) is 0.381. The fourth-order valence-corrected chi connectivity index (χ4v) is 3.88. The van der Waals surface area contributed by atoms with Crippen LogP contribution >= 0.6 is 27.5 Å². The number of carbonyl (C=O) groups is 1. The van der Waals surface area contributed by atoms with E-state index in [4.69, 9.17) is 16.3 Å². The quantitative estimate of drug-likeness (QED) is 0.672. The van der Waals surface area contributed by atoms with Gasteiger partial charge in [0.2, 0.25) is 0 Å². The van der Waals surface area contributed by atoms with Crippen LogP contribution in [0.15, 0.2) is 34.8 Å². The van der Waals surface area contributed by atoms with Gasteiger partial charge in [-0.15, -0.1) is 0 Å². The zero-order valence-electron chi connectivity index (χ0n) is 15.9. The minimum Gasteiger partial charge on any atom is -0.483 e. The predicted molar refractivity (Wildman–Crippen MR) is 114 cm³/mol. The Balaban J connectivity index is 1.56. The topological polar surface area (TPSA) is 32.8 Å². The van der Waals surface area contributed by atoms with Crippen LogP contribution in [0.3, 0.4) is 0 Å². The average Bonchev–Trinajstić information content (AvgIpc) is 2.68. The molecule has 1 aliphatic rings. The van der Waals surface area contributed by atoms with Crippen LogP contribution in [0.1, 0.15) is 16.7 Å². The summed E-state index contributed by atoms with van der Waals surface area (Å²) >= 11 is 9.67. The Morgan fingerprint density at radius 2 is 1.81 bits per heavy atom. The second-order valence-electron chi connectivity index (χ2n) is 6.89. The molecule has 3 rings (SSSR count). The van der Waals surface area contributed by atoms with E-state index in [-0.39, 0.29) is 12.5 Å². The molecule has 1 amide bonds. The number of hydrogen-bond donors (Lipinski definition) is 0. The molecule has 0 atom stereocenters. The van der Waals surface area contributed by atoms with Gasteiger partial charge >= 0.3 is 0 Å². The van der Waals surface area contributed by atoms with Crippen LogP contribution in [-0.2, 0) is 4.79 Å². The van der Waals surface area contributed by atoms with E-state index in [9.17, 15) is 4.79 Å². The molecule has 6 heteroatoms. The largest absolute Gasteiger partial charge is 0.483 e. The van der Waals surface area contributed by atoms with Gasteiger partial charge in [0.15, 0.2) is 6.61 Å². The Morgan fingerprint density at radius 3 is 2.48 bits per heavy atom. The van der Waals surface area contributed by atoms with Gasteiger partial charge in [-0.2, -0.15) is 0 Å². The number of carbonyl (C=O) groups excluding carboxylic acids is 1. The third-order valence-electron chi connectivity index (χ3n) is 5.11. The second kappa shape index (κ2) is 8.53. The standard InChI is InChI=1S/C21H24BrClN2O2/c1-14-11-19(15(2)16(3)21(14)22)27-13-20(26)25-9-7-24(8-10-25)18-6-4-5-17(23)12-18/h4-6,11-12H,7-10,13H2,1-3H3. The van der Waals surface area contributed by atoms with Crippen LogP contribution in [-0.4, -0.2) is 43.6 Å². The first kappa shape index (κ1) is 20.0. The van der Waals surface area contributed by atoms with Gasteiger partial charge in [0.1, 0.15) is 5.75 Å². The number of piperazine rings is 1. The third kappa shape index (κ3) is 4.58. The first-order valence-electron chi connectivity index (χ1n) is 9.04. The third-order valence-corrected chi connectivity index (χ3v) is 6.57. The van der Waals surface area contributed by atoms with E-state index >= 15 is 0 Å². The molecule has 0 saturated carbocycles. The van der Waals surface area contributed by atoms with Crippen LogP contribution in [0.25, 0.3) is 0 Å². The number of anilines is 1. The maximum Gasteiger partial charge on any atom is 0.260 e. The number of amides is 1. The molecule has 0 spiro atoms. The van der Waals surface area contributed by atoms with Crippen molar-refractivity contribution < 1.29 is 9.53 Å². The van der Waals surface area contributed by atoms with Gasteiger partial charge < -0.3 is 14.5 Å². The van der Waals surface area contributed by atoms with Crippen molar-refractivity contribution in [2.45, 2.75) is 20.8 Å². The van der Waals surface area contributed by atoms with Gasteiger partial charge in [-0.25, -0.2) is 0 Å².